The van der Waals surface area contributed by atoms with Crippen LogP contribution in [-0.4, -0.2) is 19.0 Å². The van der Waals surface area contributed by atoms with Crippen molar-refractivity contribution in [2.75, 3.05) is 23.7 Å². The van der Waals surface area contributed by atoms with Gasteiger partial charge in [-0.15, -0.1) is 0 Å². The molecule has 2 rings (SSSR count). The highest BCUT2D eigenvalue weighted by Crippen LogP contribution is 2.27. The van der Waals surface area contributed by atoms with Gasteiger partial charge in [0.1, 0.15) is 0 Å². The summed E-state index contributed by atoms with van der Waals surface area (Å²) in [5.74, 6) is 0.259. The number of amides is 1. The molecule has 1 aliphatic rings. The molecule has 1 heterocycles. The number of aryl methyl sites for hydroxylation is 1. The average Bonchev–Trinajstić information content (AvgIpc) is 2.33. The molecular formula is C14H21N3O. The summed E-state index contributed by atoms with van der Waals surface area (Å²) in [7, 11) is 0. The first kappa shape index (κ1) is 12.7. The minimum absolute atomic E-state index is 0.187. The highest BCUT2D eigenvalue weighted by molar-refractivity contribution is 5.74. The maximum Gasteiger partial charge on any atom is 0.217 e. The van der Waals surface area contributed by atoms with E-state index in [1.54, 1.807) is 0 Å². The Morgan fingerprint density at radius 2 is 2.06 bits per heavy atom. The zero-order valence-corrected chi connectivity index (χ0v) is 10.9. The number of piperidine rings is 1. The van der Waals surface area contributed by atoms with E-state index in [-0.39, 0.29) is 5.91 Å². The number of benzene rings is 1. The molecule has 0 saturated carbocycles. The molecule has 1 aromatic rings. The Hall–Kier alpha value is -1.71. The highest BCUT2D eigenvalue weighted by Gasteiger charge is 2.20. The summed E-state index contributed by atoms with van der Waals surface area (Å²) in [6.45, 7) is 3.96. The molecule has 0 bridgehead atoms. The number of nitrogens with zero attached hydrogens (tertiary/aromatic N) is 1. The Morgan fingerprint density at radius 1 is 1.39 bits per heavy atom. The van der Waals surface area contributed by atoms with Crippen molar-refractivity contribution in [3.8, 4) is 0 Å². The van der Waals surface area contributed by atoms with Crippen molar-refractivity contribution in [1.82, 2.24) is 0 Å². The number of carbonyl (C=O) groups is 1. The second-order valence-electron chi connectivity index (χ2n) is 5.14. The van der Waals surface area contributed by atoms with Crippen LogP contribution < -0.4 is 16.4 Å². The van der Waals surface area contributed by atoms with Gasteiger partial charge in [0.2, 0.25) is 5.91 Å². The van der Waals surface area contributed by atoms with E-state index in [0.29, 0.717) is 12.3 Å². The van der Waals surface area contributed by atoms with Gasteiger partial charge in [-0.25, -0.2) is 0 Å². The van der Waals surface area contributed by atoms with E-state index in [0.717, 1.165) is 37.2 Å². The SMILES string of the molecule is Cc1ccc(N2CCC(CC(N)=O)CC2)cc1N. The second-order valence-corrected chi connectivity index (χ2v) is 5.14. The van der Waals surface area contributed by atoms with Gasteiger partial charge in [-0.2, -0.15) is 0 Å². The molecule has 18 heavy (non-hydrogen) atoms. The number of nitrogen functional groups attached to an aromatic ring is 1. The van der Waals surface area contributed by atoms with Crippen molar-refractivity contribution in [2.45, 2.75) is 26.2 Å². The molecule has 1 fully saturated rings. The predicted molar refractivity (Wildman–Crippen MR) is 74.3 cm³/mol. The van der Waals surface area contributed by atoms with Crippen LogP contribution in [-0.2, 0) is 4.79 Å². The average molecular weight is 247 g/mol. The molecule has 98 valence electrons. The molecule has 1 amide bonds. The minimum atomic E-state index is -0.187. The number of anilines is 2. The first-order valence-corrected chi connectivity index (χ1v) is 6.45. The molecule has 1 aromatic carbocycles. The normalized spacial score (nSPS) is 16.8. The van der Waals surface area contributed by atoms with E-state index < -0.39 is 0 Å². The summed E-state index contributed by atoms with van der Waals surface area (Å²) in [6.07, 6.45) is 2.57. The van der Waals surface area contributed by atoms with Gasteiger partial charge in [-0.3, -0.25) is 4.79 Å². The molecule has 0 atom stereocenters. The lowest BCUT2D eigenvalue weighted by molar-refractivity contribution is -0.119. The molecular weight excluding hydrogens is 226 g/mol. The lowest BCUT2D eigenvalue weighted by atomic mass is 9.93. The van der Waals surface area contributed by atoms with Gasteiger partial charge in [0.15, 0.2) is 0 Å². The number of hydrogen-bond donors (Lipinski definition) is 2. The van der Waals surface area contributed by atoms with Crippen LogP contribution in [0.15, 0.2) is 18.2 Å². The van der Waals surface area contributed by atoms with Gasteiger partial charge in [0, 0.05) is 30.9 Å². The summed E-state index contributed by atoms with van der Waals surface area (Å²) < 4.78 is 0. The van der Waals surface area contributed by atoms with Gasteiger partial charge in [-0.05, 0) is 43.4 Å². The van der Waals surface area contributed by atoms with E-state index in [1.165, 1.54) is 5.69 Å². The van der Waals surface area contributed by atoms with Crippen molar-refractivity contribution in [3.05, 3.63) is 23.8 Å². The van der Waals surface area contributed by atoms with E-state index in [1.807, 2.05) is 13.0 Å². The Bertz CT molecular complexity index is 437. The summed E-state index contributed by atoms with van der Waals surface area (Å²) in [5, 5.41) is 0. The van der Waals surface area contributed by atoms with Crippen molar-refractivity contribution in [1.29, 1.82) is 0 Å². The molecule has 4 nitrogen and oxygen atoms in total. The number of carbonyl (C=O) groups excluding carboxylic acids is 1. The molecule has 1 saturated heterocycles. The lowest BCUT2D eigenvalue weighted by Crippen LogP contribution is -2.35. The van der Waals surface area contributed by atoms with Gasteiger partial charge in [-0.1, -0.05) is 6.07 Å². The quantitative estimate of drug-likeness (QED) is 0.798. The third kappa shape index (κ3) is 2.94. The summed E-state index contributed by atoms with van der Waals surface area (Å²) >= 11 is 0. The minimum Gasteiger partial charge on any atom is -0.398 e. The largest absolute Gasteiger partial charge is 0.398 e. The molecule has 0 spiro atoms. The van der Waals surface area contributed by atoms with Crippen LogP contribution in [0.2, 0.25) is 0 Å². The Balaban J connectivity index is 1.96. The van der Waals surface area contributed by atoms with E-state index in [4.69, 9.17) is 11.5 Å². The number of rotatable bonds is 3. The van der Waals surface area contributed by atoms with Crippen LogP contribution in [0.5, 0.6) is 0 Å². The molecule has 0 aromatic heterocycles. The summed E-state index contributed by atoms with van der Waals surface area (Å²) in [5.41, 5.74) is 14.3. The predicted octanol–water partition coefficient (Wildman–Crippen LogP) is 1.67. The number of nitrogens with two attached hydrogens (primary N) is 2. The first-order valence-electron chi connectivity index (χ1n) is 6.45. The third-order valence-corrected chi connectivity index (χ3v) is 3.73. The zero-order chi connectivity index (χ0) is 13.1. The zero-order valence-electron chi connectivity index (χ0n) is 10.9. The Labute approximate surface area is 108 Å². The second kappa shape index (κ2) is 5.29. The smallest absolute Gasteiger partial charge is 0.217 e. The third-order valence-electron chi connectivity index (χ3n) is 3.73. The van der Waals surface area contributed by atoms with Crippen molar-refractivity contribution in [2.24, 2.45) is 11.7 Å². The summed E-state index contributed by atoms with van der Waals surface area (Å²) in [6, 6.07) is 6.20. The molecule has 0 aliphatic carbocycles. The van der Waals surface area contributed by atoms with Gasteiger partial charge < -0.3 is 16.4 Å². The monoisotopic (exact) mass is 247 g/mol. The lowest BCUT2D eigenvalue weighted by Gasteiger charge is -2.33. The van der Waals surface area contributed by atoms with Gasteiger partial charge >= 0.3 is 0 Å². The topological polar surface area (TPSA) is 72.3 Å². The van der Waals surface area contributed by atoms with E-state index in [9.17, 15) is 4.79 Å². The van der Waals surface area contributed by atoms with Crippen molar-refractivity contribution in [3.63, 3.8) is 0 Å². The van der Waals surface area contributed by atoms with Crippen LogP contribution in [0.1, 0.15) is 24.8 Å². The maximum atomic E-state index is 10.9. The molecule has 4 heteroatoms. The van der Waals surface area contributed by atoms with Gasteiger partial charge in [0.05, 0.1) is 0 Å². The molecule has 1 aliphatic heterocycles. The Morgan fingerprint density at radius 3 is 2.61 bits per heavy atom. The van der Waals surface area contributed by atoms with Crippen molar-refractivity contribution < 1.29 is 4.79 Å². The van der Waals surface area contributed by atoms with Crippen LogP contribution in [0.4, 0.5) is 11.4 Å². The fraction of sp³-hybridized carbons (Fsp3) is 0.500. The van der Waals surface area contributed by atoms with Crippen molar-refractivity contribution >= 4 is 17.3 Å². The standard InChI is InChI=1S/C14H21N3O/c1-10-2-3-12(9-13(10)15)17-6-4-11(5-7-17)8-14(16)18/h2-3,9,11H,4-8,15H2,1H3,(H2,16,18). The van der Waals surface area contributed by atoms with Crippen LogP contribution in [0.3, 0.4) is 0 Å². The molecule has 0 unspecified atom stereocenters. The van der Waals surface area contributed by atoms with Crippen LogP contribution in [0, 0.1) is 12.8 Å². The van der Waals surface area contributed by atoms with Crippen LogP contribution in [0.25, 0.3) is 0 Å². The molecule has 0 radical (unpaired) electrons. The number of hydrogen-bond acceptors (Lipinski definition) is 3. The van der Waals surface area contributed by atoms with Gasteiger partial charge in [0.25, 0.3) is 0 Å². The molecule has 4 N–H and O–H groups in total. The summed E-state index contributed by atoms with van der Waals surface area (Å²) in [4.78, 5) is 13.2. The van der Waals surface area contributed by atoms with Crippen LogP contribution >= 0.6 is 0 Å². The fourth-order valence-electron chi connectivity index (χ4n) is 2.50. The first-order chi connectivity index (χ1) is 8.56. The van der Waals surface area contributed by atoms with E-state index >= 15 is 0 Å². The Kier molecular flexibility index (Phi) is 3.75. The fourth-order valence-corrected chi connectivity index (χ4v) is 2.50. The van der Waals surface area contributed by atoms with E-state index in [2.05, 4.69) is 17.0 Å². The number of primary amides is 1. The highest BCUT2D eigenvalue weighted by atomic mass is 16.1. The maximum absolute atomic E-state index is 10.9.